The maximum Gasteiger partial charge on any atom is 0.318 e. The number of hydrogen-bond acceptors (Lipinski definition) is 4. The van der Waals surface area contributed by atoms with Crippen molar-refractivity contribution in [3.05, 3.63) is 0 Å². The molecule has 1 saturated heterocycles. The van der Waals surface area contributed by atoms with Crippen LogP contribution in [0.3, 0.4) is 0 Å². The summed E-state index contributed by atoms with van der Waals surface area (Å²) >= 11 is 0. The lowest BCUT2D eigenvalue weighted by atomic mass is 10.2. The van der Waals surface area contributed by atoms with E-state index in [0.717, 1.165) is 25.7 Å². The molecule has 2 aliphatic rings. The van der Waals surface area contributed by atoms with Gasteiger partial charge in [-0.05, 0) is 26.7 Å². The third-order valence-corrected chi connectivity index (χ3v) is 6.00. The van der Waals surface area contributed by atoms with E-state index < -0.39 is 22.7 Å². The highest BCUT2D eigenvalue weighted by molar-refractivity contribution is 7.86. The minimum atomic E-state index is -3.76. The van der Waals surface area contributed by atoms with Crippen LogP contribution in [0.4, 0.5) is 0 Å². The minimum absolute atomic E-state index is 0.182. The molecule has 2 rings (SSSR count). The monoisotopic (exact) mass is 320 g/mol. The van der Waals surface area contributed by atoms with Crippen LogP contribution in [0.2, 0.25) is 0 Å². The maximum absolute atomic E-state index is 12.8. The third kappa shape index (κ3) is 3.94. The molecule has 0 radical (unpaired) electrons. The Morgan fingerprint density at radius 2 is 1.76 bits per heavy atom. The lowest BCUT2D eigenvalue weighted by Gasteiger charge is -2.38. The predicted octanol–water partition coefficient (Wildman–Crippen LogP) is 0.670. The van der Waals surface area contributed by atoms with Crippen molar-refractivity contribution < 1.29 is 23.1 Å². The molecule has 0 aromatic rings. The zero-order valence-corrected chi connectivity index (χ0v) is 13.4. The number of carboxylic acid groups (broad SMARTS) is 1. The molecule has 2 unspecified atom stereocenters. The van der Waals surface area contributed by atoms with Gasteiger partial charge in [0.05, 0.1) is 12.2 Å². The summed E-state index contributed by atoms with van der Waals surface area (Å²) in [5.41, 5.74) is 0. The van der Waals surface area contributed by atoms with Crippen molar-refractivity contribution in [1.82, 2.24) is 8.61 Å². The minimum Gasteiger partial charge on any atom is -0.480 e. The molecule has 2 atom stereocenters. The average Bonchev–Trinajstić information content (AvgIpc) is 2.87. The van der Waals surface area contributed by atoms with Crippen LogP contribution in [-0.4, -0.2) is 66.0 Å². The van der Waals surface area contributed by atoms with Crippen molar-refractivity contribution in [3.8, 4) is 0 Å². The first-order valence-electron chi connectivity index (χ1n) is 7.45. The molecule has 1 saturated carbocycles. The summed E-state index contributed by atoms with van der Waals surface area (Å²) in [4.78, 5) is 11.1. The summed E-state index contributed by atoms with van der Waals surface area (Å²) in [5.74, 6) is -1.11. The summed E-state index contributed by atoms with van der Waals surface area (Å²) < 4.78 is 33.8. The van der Waals surface area contributed by atoms with Crippen molar-refractivity contribution in [2.45, 2.75) is 57.8 Å². The molecule has 0 spiro atoms. The van der Waals surface area contributed by atoms with E-state index in [4.69, 9.17) is 9.84 Å². The van der Waals surface area contributed by atoms with Crippen LogP contribution in [0.25, 0.3) is 0 Å². The van der Waals surface area contributed by atoms with Gasteiger partial charge in [-0.2, -0.15) is 17.0 Å². The lowest BCUT2D eigenvalue weighted by Crippen LogP contribution is -2.55. The number of hydrogen-bond donors (Lipinski definition) is 1. The Bertz CT molecular complexity index is 465. The summed E-state index contributed by atoms with van der Waals surface area (Å²) in [7, 11) is -3.76. The second-order valence-electron chi connectivity index (χ2n) is 5.96. The molecule has 1 aliphatic heterocycles. The van der Waals surface area contributed by atoms with Crippen molar-refractivity contribution in [2.24, 2.45) is 0 Å². The van der Waals surface area contributed by atoms with Crippen molar-refractivity contribution in [3.63, 3.8) is 0 Å². The van der Waals surface area contributed by atoms with E-state index in [9.17, 15) is 13.2 Å². The van der Waals surface area contributed by atoms with Gasteiger partial charge < -0.3 is 9.84 Å². The fourth-order valence-corrected chi connectivity index (χ4v) is 5.15. The van der Waals surface area contributed by atoms with E-state index in [1.54, 1.807) is 0 Å². The van der Waals surface area contributed by atoms with Crippen LogP contribution in [0.1, 0.15) is 39.5 Å². The Labute approximate surface area is 126 Å². The highest BCUT2D eigenvalue weighted by Gasteiger charge is 2.40. The molecule has 21 heavy (non-hydrogen) atoms. The van der Waals surface area contributed by atoms with Crippen molar-refractivity contribution in [1.29, 1.82) is 0 Å². The molecular weight excluding hydrogens is 296 g/mol. The van der Waals surface area contributed by atoms with E-state index in [1.807, 2.05) is 13.8 Å². The van der Waals surface area contributed by atoms with E-state index in [0.29, 0.717) is 0 Å². The van der Waals surface area contributed by atoms with Gasteiger partial charge >= 0.3 is 5.97 Å². The average molecular weight is 320 g/mol. The predicted molar refractivity (Wildman–Crippen MR) is 77.1 cm³/mol. The summed E-state index contributed by atoms with van der Waals surface area (Å²) in [6.07, 6.45) is 3.01. The molecule has 8 heteroatoms. The van der Waals surface area contributed by atoms with Gasteiger partial charge in [-0.3, -0.25) is 4.79 Å². The molecule has 0 amide bonds. The van der Waals surface area contributed by atoms with Gasteiger partial charge in [0.2, 0.25) is 0 Å². The zero-order chi connectivity index (χ0) is 15.6. The Kier molecular flexibility index (Phi) is 5.24. The molecule has 0 aromatic heterocycles. The van der Waals surface area contributed by atoms with Gasteiger partial charge in [0.1, 0.15) is 6.54 Å². The number of carboxylic acids is 1. The topological polar surface area (TPSA) is 87.2 Å². The van der Waals surface area contributed by atoms with E-state index in [-0.39, 0.29) is 31.3 Å². The largest absolute Gasteiger partial charge is 0.480 e. The molecule has 122 valence electrons. The normalized spacial score (nSPS) is 29.1. The SMILES string of the molecule is CC1CN(S(=O)(=O)N(CC(=O)O)C2CCCC2)CC(C)O1. The Morgan fingerprint density at radius 3 is 2.24 bits per heavy atom. The first kappa shape index (κ1) is 16.7. The maximum atomic E-state index is 12.8. The molecule has 0 bridgehead atoms. The van der Waals surface area contributed by atoms with Crippen molar-refractivity contribution in [2.75, 3.05) is 19.6 Å². The number of morpholine rings is 1. The Balaban J connectivity index is 2.21. The zero-order valence-electron chi connectivity index (χ0n) is 12.6. The van der Waals surface area contributed by atoms with Gasteiger partial charge in [-0.15, -0.1) is 0 Å². The first-order valence-corrected chi connectivity index (χ1v) is 8.84. The highest BCUT2D eigenvalue weighted by atomic mass is 32.2. The fraction of sp³-hybridized carbons (Fsp3) is 0.923. The number of ether oxygens (including phenoxy) is 1. The molecular formula is C13H24N2O5S. The van der Waals surface area contributed by atoms with E-state index in [2.05, 4.69) is 0 Å². The number of nitrogens with zero attached hydrogens (tertiary/aromatic N) is 2. The van der Waals surface area contributed by atoms with E-state index >= 15 is 0 Å². The third-order valence-electron chi connectivity index (χ3n) is 4.03. The fourth-order valence-electron chi connectivity index (χ4n) is 3.19. The first-order chi connectivity index (χ1) is 9.80. The molecule has 1 N–H and O–H groups in total. The summed E-state index contributed by atoms with van der Waals surface area (Å²) in [5, 5.41) is 9.06. The number of aliphatic carboxylic acids is 1. The lowest BCUT2D eigenvalue weighted by molar-refractivity contribution is -0.137. The smallest absolute Gasteiger partial charge is 0.318 e. The van der Waals surface area contributed by atoms with Gasteiger partial charge in [0, 0.05) is 19.1 Å². The molecule has 0 aromatic carbocycles. The van der Waals surface area contributed by atoms with Crippen LogP contribution in [0, 0.1) is 0 Å². The van der Waals surface area contributed by atoms with Crippen LogP contribution in [0.15, 0.2) is 0 Å². The number of rotatable bonds is 5. The second kappa shape index (κ2) is 6.60. The second-order valence-corrected chi connectivity index (χ2v) is 7.84. The van der Waals surface area contributed by atoms with Gasteiger partial charge in [-0.1, -0.05) is 12.8 Å². The summed E-state index contributed by atoms with van der Waals surface area (Å²) in [6.45, 7) is 3.74. The standard InChI is InChI=1S/C13H24N2O5S/c1-10-7-14(8-11(2)20-10)21(18,19)15(9-13(16)17)12-5-3-4-6-12/h10-12H,3-9H2,1-2H3,(H,16,17). The molecule has 1 heterocycles. The molecule has 1 aliphatic carbocycles. The van der Waals surface area contributed by atoms with E-state index in [1.165, 1.54) is 8.61 Å². The number of carbonyl (C=O) groups is 1. The van der Waals surface area contributed by atoms with Gasteiger partial charge in [-0.25, -0.2) is 0 Å². The Morgan fingerprint density at radius 1 is 1.24 bits per heavy atom. The van der Waals surface area contributed by atoms with Crippen LogP contribution >= 0.6 is 0 Å². The molecule has 2 fully saturated rings. The van der Waals surface area contributed by atoms with Crippen molar-refractivity contribution >= 4 is 16.2 Å². The Hall–Kier alpha value is -0.700. The molecule has 7 nitrogen and oxygen atoms in total. The van der Waals surface area contributed by atoms with Gasteiger partial charge in [0.15, 0.2) is 0 Å². The summed E-state index contributed by atoms with van der Waals surface area (Å²) in [6, 6.07) is -0.195. The van der Waals surface area contributed by atoms with Crippen LogP contribution < -0.4 is 0 Å². The van der Waals surface area contributed by atoms with Gasteiger partial charge in [0.25, 0.3) is 10.2 Å². The van der Waals surface area contributed by atoms with Crippen LogP contribution in [0.5, 0.6) is 0 Å². The quantitative estimate of drug-likeness (QED) is 0.804. The van der Waals surface area contributed by atoms with Crippen LogP contribution in [-0.2, 0) is 19.7 Å². The highest BCUT2D eigenvalue weighted by Crippen LogP contribution is 2.28.